The van der Waals surface area contributed by atoms with Crippen molar-refractivity contribution in [3.8, 4) is 11.3 Å². The Bertz CT molecular complexity index is 752. The van der Waals surface area contributed by atoms with Crippen LogP contribution in [0.15, 0.2) is 28.8 Å². The summed E-state index contributed by atoms with van der Waals surface area (Å²) in [6, 6.07) is 8.32. The minimum Gasteiger partial charge on any atom is -0.381 e. The van der Waals surface area contributed by atoms with E-state index in [1.165, 1.54) is 16.5 Å². The Kier molecular flexibility index (Phi) is 2.59. The molecule has 0 aliphatic heterocycles. The van der Waals surface area contributed by atoms with E-state index in [4.69, 9.17) is 10.3 Å². The summed E-state index contributed by atoms with van der Waals surface area (Å²) in [4.78, 5) is 0. The molecule has 2 aromatic heterocycles. The Morgan fingerprint density at radius 1 is 1.32 bits per heavy atom. The summed E-state index contributed by atoms with van der Waals surface area (Å²) in [6.45, 7) is 4.24. The average Bonchev–Trinajstić information content (AvgIpc) is 2.93. The number of nitrogen functional groups attached to an aromatic ring is 1. The molecule has 98 valence electrons. The van der Waals surface area contributed by atoms with Gasteiger partial charge in [-0.05, 0) is 31.0 Å². The number of benzene rings is 1. The van der Waals surface area contributed by atoms with Gasteiger partial charge in [-0.1, -0.05) is 18.1 Å². The van der Waals surface area contributed by atoms with E-state index in [-0.39, 0.29) is 0 Å². The molecule has 0 saturated heterocycles. The molecule has 0 bridgehead atoms. The lowest BCUT2D eigenvalue weighted by Gasteiger charge is -1.99. The molecule has 0 fully saturated rings. The van der Waals surface area contributed by atoms with Crippen LogP contribution in [0.2, 0.25) is 0 Å². The second kappa shape index (κ2) is 4.16. The first-order valence-electron chi connectivity index (χ1n) is 6.42. The maximum atomic E-state index is 5.66. The summed E-state index contributed by atoms with van der Waals surface area (Å²) in [6.07, 6.45) is 1.02. The van der Waals surface area contributed by atoms with Gasteiger partial charge in [0.25, 0.3) is 0 Å². The number of rotatable bonds is 2. The topological polar surface area (TPSA) is 57.0 Å². The fraction of sp³-hybridized carbons (Fsp3) is 0.267. The number of hydrogen-bond donors (Lipinski definition) is 1. The van der Waals surface area contributed by atoms with E-state index >= 15 is 0 Å². The smallest absolute Gasteiger partial charge is 0.171 e. The van der Waals surface area contributed by atoms with Crippen LogP contribution in [0.4, 0.5) is 5.82 Å². The van der Waals surface area contributed by atoms with Gasteiger partial charge >= 0.3 is 0 Å². The number of nitrogens with zero attached hydrogens (tertiary/aromatic N) is 2. The number of aryl methyl sites for hydroxylation is 2. The highest BCUT2D eigenvalue weighted by Gasteiger charge is 2.17. The summed E-state index contributed by atoms with van der Waals surface area (Å²) in [7, 11) is 2.06. The van der Waals surface area contributed by atoms with Gasteiger partial charge in [0.15, 0.2) is 11.6 Å². The van der Waals surface area contributed by atoms with Crippen LogP contribution in [0.25, 0.3) is 22.2 Å². The molecule has 0 spiro atoms. The van der Waals surface area contributed by atoms with Gasteiger partial charge in [-0.3, -0.25) is 0 Å². The standard InChI is InChI=1S/C15H17N3O/c1-4-10-5-6-12-11(7-10)15(9(2)18(12)3)13-8-14(16)17-19-13/h5-8H,4H2,1-3H3,(H2,16,17). The summed E-state index contributed by atoms with van der Waals surface area (Å²) in [5.41, 5.74) is 10.4. The number of anilines is 1. The molecule has 19 heavy (non-hydrogen) atoms. The monoisotopic (exact) mass is 255 g/mol. The molecule has 2 N–H and O–H groups in total. The van der Waals surface area contributed by atoms with Crippen LogP contribution in [-0.4, -0.2) is 9.72 Å². The summed E-state index contributed by atoms with van der Waals surface area (Å²) < 4.78 is 7.51. The van der Waals surface area contributed by atoms with E-state index < -0.39 is 0 Å². The van der Waals surface area contributed by atoms with E-state index in [0.717, 1.165) is 23.4 Å². The zero-order chi connectivity index (χ0) is 13.6. The summed E-state index contributed by atoms with van der Waals surface area (Å²) in [5, 5.41) is 4.98. The normalized spacial score (nSPS) is 11.3. The molecule has 2 heterocycles. The highest BCUT2D eigenvalue weighted by molar-refractivity contribution is 5.97. The van der Waals surface area contributed by atoms with Gasteiger partial charge in [0.2, 0.25) is 0 Å². The van der Waals surface area contributed by atoms with Crippen molar-refractivity contribution >= 4 is 16.7 Å². The van der Waals surface area contributed by atoms with Gasteiger partial charge in [-0.2, -0.15) is 0 Å². The first-order valence-corrected chi connectivity index (χ1v) is 6.42. The van der Waals surface area contributed by atoms with Crippen molar-refractivity contribution < 1.29 is 4.52 Å². The summed E-state index contributed by atoms with van der Waals surface area (Å²) in [5.74, 6) is 1.15. The first-order chi connectivity index (χ1) is 9.11. The Labute approximate surface area is 111 Å². The molecule has 3 rings (SSSR count). The van der Waals surface area contributed by atoms with Crippen molar-refractivity contribution in [2.75, 3.05) is 5.73 Å². The predicted octanol–water partition coefficient (Wildman–Crippen LogP) is 3.29. The Morgan fingerprint density at radius 2 is 2.11 bits per heavy atom. The van der Waals surface area contributed by atoms with Crippen molar-refractivity contribution in [2.24, 2.45) is 7.05 Å². The van der Waals surface area contributed by atoms with E-state index in [0.29, 0.717) is 5.82 Å². The quantitative estimate of drug-likeness (QED) is 0.764. The Balaban J connectivity index is 2.36. The second-order valence-corrected chi connectivity index (χ2v) is 4.84. The summed E-state index contributed by atoms with van der Waals surface area (Å²) >= 11 is 0. The third-order valence-electron chi connectivity index (χ3n) is 3.74. The van der Waals surface area contributed by atoms with Crippen molar-refractivity contribution in [3.05, 3.63) is 35.5 Å². The maximum absolute atomic E-state index is 5.66. The lowest BCUT2D eigenvalue weighted by atomic mass is 10.0. The predicted molar refractivity (Wildman–Crippen MR) is 76.9 cm³/mol. The lowest BCUT2D eigenvalue weighted by molar-refractivity contribution is 0.436. The third-order valence-corrected chi connectivity index (χ3v) is 3.74. The van der Waals surface area contributed by atoms with Gasteiger partial charge in [-0.15, -0.1) is 0 Å². The maximum Gasteiger partial charge on any atom is 0.171 e. The van der Waals surface area contributed by atoms with Crippen LogP contribution in [0, 0.1) is 6.92 Å². The molecule has 4 nitrogen and oxygen atoms in total. The SMILES string of the molecule is CCc1ccc2c(c1)c(-c1cc(N)no1)c(C)n2C. The minimum absolute atomic E-state index is 0.415. The molecule has 0 unspecified atom stereocenters. The van der Waals surface area contributed by atoms with Crippen molar-refractivity contribution in [1.82, 2.24) is 9.72 Å². The fourth-order valence-corrected chi connectivity index (χ4v) is 2.56. The van der Waals surface area contributed by atoms with Gasteiger partial charge in [0, 0.05) is 35.3 Å². The van der Waals surface area contributed by atoms with Crippen LogP contribution < -0.4 is 5.73 Å². The molecule has 3 aromatic rings. The molecule has 0 saturated carbocycles. The fourth-order valence-electron chi connectivity index (χ4n) is 2.56. The highest BCUT2D eigenvalue weighted by atomic mass is 16.5. The van der Waals surface area contributed by atoms with Crippen LogP contribution >= 0.6 is 0 Å². The zero-order valence-corrected chi connectivity index (χ0v) is 11.4. The molecule has 0 radical (unpaired) electrons. The van der Waals surface area contributed by atoms with E-state index in [2.05, 4.69) is 48.8 Å². The largest absolute Gasteiger partial charge is 0.381 e. The molecule has 0 aliphatic rings. The van der Waals surface area contributed by atoms with Crippen molar-refractivity contribution in [2.45, 2.75) is 20.3 Å². The minimum atomic E-state index is 0.415. The van der Waals surface area contributed by atoms with Crippen LogP contribution in [-0.2, 0) is 13.5 Å². The number of fused-ring (bicyclic) bond motifs is 1. The van der Waals surface area contributed by atoms with Gasteiger partial charge < -0.3 is 14.8 Å². The number of aromatic nitrogens is 2. The molecule has 0 amide bonds. The van der Waals surface area contributed by atoms with Gasteiger partial charge in [0.1, 0.15) is 0 Å². The van der Waals surface area contributed by atoms with E-state index in [9.17, 15) is 0 Å². The van der Waals surface area contributed by atoms with Crippen molar-refractivity contribution in [1.29, 1.82) is 0 Å². The molecule has 4 heteroatoms. The van der Waals surface area contributed by atoms with Crippen LogP contribution in [0.1, 0.15) is 18.2 Å². The molecule has 0 atom stereocenters. The first kappa shape index (κ1) is 11.8. The number of hydrogen-bond acceptors (Lipinski definition) is 3. The molecule has 1 aromatic carbocycles. The lowest BCUT2D eigenvalue weighted by Crippen LogP contribution is -1.90. The van der Waals surface area contributed by atoms with Crippen LogP contribution in [0.3, 0.4) is 0 Å². The molecular weight excluding hydrogens is 238 g/mol. The zero-order valence-electron chi connectivity index (χ0n) is 11.4. The van der Waals surface area contributed by atoms with E-state index in [1.807, 2.05) is 0 Å². The Hall–Kier alpha value is -2.23. The van der Waals surface area contributed by atoms with E-state index in [1.54, 1.807) is 6.07 Å². The van der Waals surface area contributed by atoms with Gasteiger partial charge in [-0.25, -0.2) is 0 Å². The average molecular weight is 255 g/mol. The molecule has 0 aliphatic carbocycles. The Morgan fingerprint density at radius 3 is 2.74 bits per heavy atom. The van der Waals surface area contributed by atoms with Crippen molar-refractivity contribution in [3.63, 3.8) is 0 Å². The van der Waals surface area contributed by atoms with Crippen LogP contribution in [0.5, 0.6) is 0 Å². The molecular formula is C15H17N3O. The second-order valence-electron chi connectivity index (χ2n) is 4.84. The number of nitrogens with two attached hydrogens (primary N) is 1. The van der Waals surface area contributed by atoms with Gasteiger partial charge in [0.05, 0.1) is 0 Å². The third kappa shape index (κ3) is 1.71. The highest BCUT2D eigenvalue weighted by Crippen LogP contribution is 2.35.